The van der Waals surface area contributed by atoms with E-state index >= 15 is 0 Å². The van der Waals surface area contributed by atoms with Gasteiger partial charge in [0.2, 0.25) is 6.79 Å². The Morgan fingerprint density at radius 1 is 1.07 bits per heavy atom. The molecule has 28 heavy (non-hydrogen) atoms. The molecular formula is C19H15N3O6. The van der Waals surface area contributed by atoms with Gasteiger partial charge in [0.05, 0.1) is 5.56 Å². The zero-order valence-corrected chi connectivity index (χ0v) is 14.5. The number of carbonyl (C=O) groups excluding carboxylic acids is 3. The molecule has 0 unspecified atom stereocenters. The maximum Gasteiger partial charge on any atom is 0.340 e. The predicted molar refractivity (Wildman–Crippen MR) is 98.3 cm³/mol. The van der Waals surface area contributed by atoms with E-state index in [1.165, 1.54) is 6.20 Å². The molecule has 2 heterocycles. The molecule has 0 fully saturated rings. The van der Waals surface area contributed by atoms with Gasteiger partial charge in [-0.2, -0.15) is 0 Å². The number of rotatable bonds is 4. The van der Waals surface area contributed by atoms with Gasteiger partial charge in [0.25, 0.3) is 5.91 Å². The Morgan fingerprint density at radius 3 is 2.79 bits per heavy atom. The zero-order chi connectivity index (χ0) is 19.5. The monoisotopic (exact) mass is 381 g/mol. The Kier molecular flexibility index (Phi) is 4.55. The van der Waals surface area contributed by atoms with Crippen molar-refractivity contribution in [3.05, 3.63) is 54.2 Å². The Hall–Kier alpha value is -4.01. The van der Waals surface area contributed by atoms with Crippen LogP contribution in [0.1, 0.15) is 10.4 Å². The number of imide groups is 1. The van der Waals surface area contributed by atoms with Crippen molar-refractivity contribution < 1.29 is 28.6 Å². The van der Waals surface area contributed by atoms with Crippen molar-refractivity contribution in [3.8, 4) is 11.5 Å². The van der Waals surface area contributed by atoms with Crippen LogP contribution in [-0.4, -0.2) is 36.3 Å². The summed E-state index contributed by atoms with van der Waals surface area (Å²) < 4.78 is 15.4. The summed E-state index contributed by atoms with van der Waals surface area (Å²) in [6.45, 7) is -0.474. The summed E-state index contributed by atoms with van der Waals surface area (Å²) in [6, 6.07) is 11.3. The summed E-state index contributed by atoms with van der Waals surface area (Å²) in [4.78, 5) is 38.9. The van der Waals surface area contributed by atoms with E-state index < -0.39 is 24.5 Å². The van der Waals surface area contributed by atoms with Crippen molar-refractivity contribution in [1.82, 2.24) is 10.3 Å². The van der Waals surface area contributed by atoms with Crippen molar-refractivity contribution >= 4 is 34.5 Å². The van der Waals surface area contributed by atoms with E-state index in [-0.39, 0.29) is 6.79 Å². The molecule has 0 radical (unpaired) electrons. The summed E-state index contributed by atoms with van der Waals surface area (Å²) >= 11 is 0. The molecule has 0 aliphatic carbocycles. The lowest BCUT2D eigenvalue weighted by molar-refractivity contribution is -0.123. The van der Waals surface area contributed by atoms with Gasteiger partial charge in [0.15, 0.2) is 18.1 Å². The molecule has 0 atom stereocenters. The first-order chi connectivity index (χ1) is 13.6. The molecule has 4 rings (SSSR count). The standard InChI is InChI=1S/C19H15N3O6/c23-17(9-26-18(24)13-8-20-14-4-2-1-3-12(13)14)22-19(25)21-11-5-6-15-16(7-11)28-10-27-15/h1-8,20H,9-10H2,(H2,21,22,23,25). The molecule has 1 aliphatic heterocycles. The van der Waals surface area contributed by atoms with Crippen molar-refractivity contribution in [2.45, 2.75) is 0 Å². The summed E-state index contributed by atoms with van der Waals surface area (Å²) in [5.41, 5.74) is 1.51. The van der Waals surface area contributed by atoms with Crippen molar-refractivity contribution in [3.63, 3.8) is 0 Å². The molecule has 0 bridgehead atoms. The summed E-state index contributed by atoms with van der Waals surface area (Å²) in [5.74, 6) is -0.349. The Balaban J connectivity index is 1.29. The van der Waals surface area contributed by atoms with Gasteiger partial charge in [0, 0.05) is 28.9 Å². The number of fused-ring (bicyclic) bond motifs is 2. The summed E-state index contributed by atoms with van der Waals surface area (Å²) in [7, 11) is 0. The minimum Gasteiger partial charge on any atom is -0.454 e. The Labute approximate surface area is 158 Å². The highest BCUT2D eigenvalue weighted by molar-refractivity contribution is 6.05. The predicted octanol–water partition coefficient (Wildman–Crippen LogP) is 2.40. The number of aromatic amines is 1. The molecule has 0 spiro atoms. The van der Waals surface area contributed by atoms with Crippen LogP contribution >= 0.6 is 0 Å². The van der Waals surface area contributed by atoms with Crippen molar-refractivity contribution in [1.29, 1.82) is 0 Å². The lowest BCUT2D eigenvalue weighted by atomic mass is 10.2. The fourth-order valence-electron chi connectivity index (χ4n) is 2.75. The molecule has 2 aromatic carbocycles. The van der Waals surface area contributed by atoms with Crippen LogP contribution in [0, 0.1) is 0 Å². The minimum absolute atomic E-state index is 0.116. The van der Waals surface area contributed by atoms with Gasteiger partial charge in [-0.1, -0.05) is 18.2 Å². The lowest BCUT2D eigenvalue weighted by Crippen LogP contribution is -2.37. The second kappa shape index (κ2) is 7.31. The number of benzene rings is 2. The van der Waals surface area contributed by atoms with Gasteiger partial charge in [0.1, 0.15) is 0 Å². The third kappa shape index (κ3) is 3.58. The first-order valence-electron chi connectivity index (χ1n) is 8.34. The quantitative estimate of drug-likeness (QED) is 0.597. The lowest BCUT2D eigenvalue weighted by Gasteiger charge is -2.08. The molecular weight excluding hydrogens is 366 g/mol. The number of anilines is 1. The average Bonchev–Trinajstić information content (AvgIpc) is 3.32. The first-order valence-corrected chi connectivity index (χ1v) is 8.34. The second-order valence-corrected chi connectivity index (χ2v) is 5.89. The van der Waals surface area contributed by atoms with E-state index in [1.54, 1.807) is 30.3 Å². The smallest absolute Gasteiger partial charge is 0.340 e. The van der Waals surface area contributed by atoms with Crippen LogP contribution in [0.5, 0.6) is 11.5 Å². The Bertz CT molecular complexity index is 1070. The molecule has 3 amide bonds. The van der Waals surface area contributed by atoms with E-state index in [0.29, 0.717) is 28.1 Å². The maximum absolute atomic E-state index is 12.2. The Morgan fingerprint density at radius 2 is 1.89 bits per heavy atom. The number of aromatic nitrogens is 1. The number of carbonyl (C=O) groups is 3. The van der Waals surface area contributed by atoms with Gasteiger partial charge in [-0.25, -0.2) is 9.59 Å². The molecule has 1 aromatic heterocycles. The molecule has 3 N–H and O–H groups in total. The van der Waals surface area contributed by atoms with E-state index in [2.05, 4.69) is 15.6 Å². The second-order valence-electron chi connectivity index (χ2n) is 5.89. The number of H-pyrrole nitrogens is 1. The average molecular weight is 381 g/mol. The van der Waals surface area contributed by atoms with Gasteiger partial charge in [-0.3, -0.25) is 10.1 Å². The van der Waals surface area contributed by atoms with Crippen molar-refractivity contribution in [2.75, 3.05) is 18.7 Å². The molecule has 9 heteroatoms. The van der Waals surface area contributed by atoms with Crippen LogP contribution in [0.15, 0.2) is 48.7 Å². The fourth-order valence-corrected chi connectivity index (χ4v) is 2.75. The number of hydrogen-bond donors (Lipinski definition) is 3. The molecule has 0 saturated carbocycles. The minimum atomic E-state index is -0.758. The SMILES string of the molecule is O=C(COC(=O)c1c[nH]c2ccccc12)NC(=O)Nc1ccc2c(c1)OCO2. The number of hydrogen-bond acceptors (Lipinski definition) is 6. The van der Waals surface area contributed by atoms with Gasteiger partial charge >= 0.3 is 12.0 Å². The number of para-hydroxylation sites is 1. The van der Waals surface area contributed by atoms with Crippen LogP contribution in [0.25, 0.3) is 10.9 Å². The highest BCUT2D eigenvalue weighted by Crippen LogP contribution is 2.34. The van der Waals surface area contributed by atoms with Crippen LogP contribution in [0.2, 0.25) is 0 Å². The van der Waals surface area contributed by atoms with E-state index in [0.717, 1.165) is 5.52 Å². The normalized spacial score (nSPS) is 11.9. The van der Waals surface area contributed by atoms with Gasteiger partial charge in [-0.15, -0.1) is 0 Å². The fraction of sp³-hybridized carbons (Fsp3) is 0.105. The molecule has 3 aromatic rings. The molecule has 9 nitrogen and oxygen atoms in total. The molecule has 0 saturated heterocycles. The molecule has 142 valence electrons. The summed E-state index contributed by atoms with van der Waals surface area (Å²) in [6.07, 6.45) is 1.51. The van der Waals surface area contributed by atoms with Crippen LogP contribution in [-0.2, 0) is 9.53 Å². The van der Waals surface area contributed by atoms with Gasteiger partial charge in [-0.05, 0) is 18.2 Å². The zero-order valence-electron chi connectivity index (χ0n) is 14.5. The third-order valence-corrected chi connectivity index (χ3v) is 4.03. The van der Waals surface area contributed by atoms with E-state index in [1.807, 2.05) is 12.1 Å². The van der Waals surface area contributed by atoms with Crippen LogP contribution < -0.4 is 20.1 Å². The summed E-state index contributed by atoms with van der Waals surface area (Å²) in [5, 5.41) is 5.27. The highest BCUT2D eigenvalue weighted by atomic mass is 16.7. The number of esters is 1. The first kappa shape index (κ1) is 17.4. The van der Waals surface area contributed by atoms with E-state index in [4.69, 9.17) is 14.2 Å². The van der Waals surface area contributed by atoms with Crippen LogP contribution in [0.3, 0.4) is 0 Å². The molecule has 1 aliphatic rings. The number of amides is 3. The third-order valence-electron chi connectivity index (χ3n) is 4.03. The van der Waals surface area contributed by atoms with E-state index in [9.17, 15) is 14.4 Å². The van der Waals surface area contributed by atoms with Crippen LogP contribution in [0.4, 0.5) is 10.5 Å². The van der Waals surface area contributed by atoms with Gasteiger partial charge < -0.3 is 24.5 Å². The maximum atomic E-state index is 12.2. The van der Waals surface area contributed by atoms with Crippen molar-refractivity contribution in [2.24, 2.45) is 0 Å². The topological polar surface area (TPSA) is 119 Å². The highest BCUT2D eigenvalue weighted by Gasteiger charge is 2.17. The number of ether oxygens (including phenoxy) is 3. The number of urea groups is 1. The number of nitrogens with one attached hydrogen (secondary N) is 3. The largest absolute Gasteiger partial charge is 0.454 e.